The topological polar surface area (TPSA) is 63.8 Å². The molecule has 88 valence electrons. The summed E-state index contributed by atoms with van der Waals surface area (Å²) >= 11 is 1.90. The molecular weight excluding hydrogens is 236 g/mol. The molecule has 0 bridgehead atoms. The number of hydrogen-bond donors (Lipinski definition) is 1. The van der Waals surface area contributed by atoms with Gasteiger partial charge in [-0.3, -0.25) is 4.98 Å². The van der Waals surface area contributed by atoms with Crippen molar-refractivity contribution in [2.24, 2.45) is 0 Å². The van der Waals surface area contributed by atoms with Gasteiger partial charge in [0.25, 0.3) is 0 Å². The van der Waals surface area contributed by atoms with Crippen LogP contribution in [0.15, 0.2) is 29.0 Å². The van der Waals surface area contributed by atoms with Crippen LogP contribution < -0.4 is 5.32 Å². The van der Waals surface area contributed by atoms with Gasteiger partial charge in [-0.25, -0.2) is 0 Å². The van der Waals surface area contributed by atoms with Crippen molar-refractivity contribution < 1.29 is 4.52 Å². The summed E-state index contributed by atoms with van der Waals surface area (Å²) in [5, 5.41) is 7.35. The molecule has 5 nitrogen and oxygen atoms in total. The number of thioether (sulfide) groups is 1. The summed E-state index contributed by atoms with van der Waals surface area (Å²) in [5.41, 5.74) is 0.881. The molecule has 1 aliphatic heterocycles. The molecule has 3 heterocycles. The molecule has 0 saturated carbocycles. The zero-order valence-corrected chi connectivity index (χ0v) is 9.98. The Hall–Kier alpha value is -1.40. The molecule has 1 fully saturated rings. The van der Waals surface area contributed by atoms with Crippen molar-refractivity contribution in [3.8, 4) is 11.4 Å². The Morgan fingerprint density at radius 1 is 1.47 bits per heavy atom. The number of nitrogens with one attached hydrogen (secondary N) is 1. The molecule has 1 atom stereocenters. The highest BCUT2D eigenvalue weighted by Crippen LogP contribution is 2.22. The first-order chi connectivity index (χ1) is 8.43. The van der Waals surface area contributed by atoms with Crippen LogP contribution in [-0.2, 0) is 0 Å². The number of rotatable bonds is 2. The van der Waals surface area contributed by atoms with Gasteiger partial charge in [-0.05, 0) is 12.1 Å². The molecule has 2 aromatic heterocycles. The Kier molecular flexibility index (Phi) is 3.06. The zero-order valence-electron chi connectivity index (χ0n) is 9.17. The van der Waals surface area contributed by atoms with E-state index in [4.69, 9.17) is 4.52 Å². The van der Waals surface area contributed by atoms with E-state index in [0.717, 1.165) is 23.6 Å². The van der Waals surface area contributed by atoms with Crippen molar-refractivity contribution in [3.05, 3.63) is 30.4 Å². The van der Waals surface area contributed by atoms with Crippen LogP contribution in [0.1, 0.15) is 11.9 Å². The van der Waals surface area contributed by atoms with Crippen molar-refractivity contribution >= 4 is 11.8 Å². The van der Waals surface area contributed by atoms with Crippen molar-refractivity contribution in [1.82, 2.24) is 20.4 Å². The number of aromatic nitrogens is 3. The maximum Gasteiger partial charge on any atom is 0.244 e. The molecule has 3 rings (SSSR count). The van der Waals surface area contributed by atoms with Gasteiger partial charge in [-0.1, -0.05) is 5.16 Å². The zero-order chi connectivity index (χ0) is 11.5. The fraction of sp³-hybridized carbons (Fsp3) is 0.364. The minimum Gasteiger partial charge on any atom is -0.337 e. The summed E-state index contributed by atoms with van der Waals surface area (Å²) in [5.74, 6) is 3.39. The van der Waals surface area contributed by atoms with E-state index in [1.807, 2.05) is 23.9 Å². The quantitative estimate of drug-likeness (QED) is 0.869. The Bertz CT molecular complexity index is 481. The third kappa shape index (κ3) is 2.32. The fourth-order valence-electron chi connectivity index (χ4n) is 1.71. The van der Waals surface area contributed by atoms with Gasteiger partial charge in [0.1, 0.15) is 0 Å². The normalized spacial score (nSPS) is 20.4. The number of hydrogen-bond acceptors (Lipinski definition) is 6. The van der Waals surface area contributed by atoms with Crippen molar-refractivity contribution in [3.63, 3.8) is 0 Å². The molecule has 2 aromatic rings. The van der Waals surface area contributed by atoms with Crippen LogP contribution >= 0.6 is 11.8 Å². The number of nitrogens with zero attached hydrogens (tertiary/aromatic N) is 3. The van der Waals surface area contributed by atoms with E-state index < -0.39 is 0 Å². The SMILES string of the molecule is c1cncc(-c2noc(C3CSCCN3)n2)c1. The average molecular weight is 248 g/mol. The van der Waals surface area contributed by atoms with Crippen LogP contribution in [0.4, 0.5) is 0 Å². The summed E-state index contributed by atoms with van der Waals surface area (Å²) in [6.45, 7) is 0.986. The van der Waals surface area contributed by atoms with Gasteiger partial charge < -0.3 is 9.84 Å². The Morgan fingerprint density at radius 3 is 3.24 bits per heavy atom. The predicted octanol–water partition coefficient (Wildman–Crippen LogP) is 1.51. The fourth-order valence-corrected chi connectivity index (χ4v) is 2.64. The lowest BCUT2D eigenvalue weighted by Gasteiger charge is -2.19. The molecule has 0 amide bonds. The Balaban J connectivity index is 1.83. The summed E-state index contributed by atoms with van der Waals surface area (Å²) in [6, 6.07) is 3.96. The molecule has 0 spiro atoms. The van der Waals surface area contributed by atoms with Crippen LogP contribution in [0.2, 0.25) is 0 Å². The molecule has 1 unspecified atom stereocenters. The summed E-state index contributed by atoms with van der Waals surface area (Å²) < 4.78 is 5.29. The molecule has 1 aliphatic rings. The maximum absolute atomic E-state index is 5.29. The van der Waals surface area contributed by atoms with Crippen LogP contribution in [0.5, 0.6) is 0 Å². The third-order valence-corrected chi connectivity index (χ3v) is 3.64. The molecule has 0 aromatic carbocycles. The summed E-state index contributed by atoms with van der Waals surface area (Å²) in [6.07, 6.45) is 3.46. The largest absolute Gasteiger partial charge is 0.337 e. The highest BCUT2D eigenvalue weighted by Gasteiger charge is 2.21. The molecule has 17 heavy (non-hydrogen) atoms. The average Bonchev–Trinajstić information content (AvgIpc) is 2.90. The second-order valence-corrected chi connectivity index (χ2v) is 4.93. The van der Waals surface area contributed by atoms with Crippen LogP contribution in [0.3, 0.4) is 0 Å². The van der Waals surface area contributed by atoms with E-state index in [2.05, 4.69) is 20.4 Å². The molecule has 6 heteroatoms. The summed E-state index contributed by atoms with van der Waals surface area (Å²) in [4.78, 5) is 8.45. The van der Waals surface area contributed by atoms with Crippen LogP contribution in [0, 0.1) is 0 Å². The van der Waals surface area contributed by atoms with Gasteiger partial charge in [0.05, 0.1) is 6.04 Å². The molecular formula is C11H12N4OS. The molecule has 1 saturated heterocycles. The second kappa shape index (κ2) is 4.85. The van der Waals surface area contributed by atoms with E-state index >= 15 is 0 Å². The van der Waals surface area contributed by atoms with Gasteiger partial charge in [0.15, 0.2) is 0 Å². The molecule has 1 N–H and O–H groups in total. The van der Waals surface area contributed by atoms with Crippen molar-refractivity contribution in [2.75, 3.05) is 18.1 Å². The lowest BCUT2D eigenvalue weighted by Crippen LogP contribution is -2.30. The molecule has 0 radical (unpaired) electrons. The van der Waals surface area contributed by atoms with Gasteiger partial charge in [-0.15, -0.1) is 0 Å². The number of pyridine rings is 1. The highest BCUT2D eigenvalue weighted by atomic mass is 32.2. The lowest BCUT2D eigenvalue weighted by molar-refractivity contribution is 0.342. The first-order valence-corrected chi connectivity index (χ1v) is 6.64. The van der Waals surface area contributed by atoms with E-state index in [-0.39, 0.29) is 6.04 Å². The maximum atomic E-state index is 5.29. The van der Waals surface area contributed by atoms with Crippen molar-refractivity contribution in [2.45, 2.75) is 6.04 Å². The van der Waals surface area contributed by atoms with Gasteiger partial charge in [0, 0.05) is 36.0 Å². The second-order valence-electron chi connectivity index (χ2n) is 3.78. The molecule has 0 aliphatic carbocycles. The van der Waals surface area contributed by atoms with E-state index in [1.54, 1.807) is 12.4 Å². The first kappa shape index (κ1) is 10.7. The Labute approximate surface area is 103 Å². The summed E-state index contributed by atoms with van der Waals surface area (Å²) in [7, 11) is 0. The van der Waals surface area contributed by atoms with Gasteiger partial charge in [-0.2, -0.15) is 16.7 Å². The standard InChI is InChI=1S/C11H12N4OS/c1-2-8(6-12-3-1)10-14-11(16-15-10)9-7-17-5-4-13-9/h1-3,6,9,13H,4-5,7H2. The van der Waals surface area contributed by atoms with Crippen LogP contribution in [0.25, 0.3) is 11.4 Å². The minimum atomic E-state index is 0.173. The van der Waals surface area contributed by atoms with E-state index in [9.17, 15) is 0 Å². The highest BCUT2D eigenvalue weighted by molar-refractivity contribution is 7.99. The van der Waals surface area contributed by atoms with Crippen molar-refractivity contribution in [1.29, 1.82) is 0 Å². The Morgan fingerprint density at radius 2 is 2.47 bits per heavy atom. The van der Waals surface area contributed by atoms with Gasteiger partial charge >= 0.3 is 0 Å². The van der Waals surface area contributed by atoms with E-state index in [0.29, 0.717) is 11.7 Å². The van der Waals surface area contributed by atoms with Crippen LogP contribution in [-0.4, -0.2) is 33.2 Å². The van der Waals surface area contributed by atoms with Gasteiger partial charge in [0.2, 0.25) is 11.7 Å². The first-order valence-electron chi connectivity index (χ1n) is 5.48. The monoisotopic (exact) mass is 248 g/mol. The third-order valence-electron chi connectivity index (χ3n) is 2.58. The predicted molar refractivity (Wildman–Crippen MR) is 65.6 cm³/mol. The smallest absolute Gasteiger partial charge is 0.244 e. The minimum absolute atomic E-state index is 0.173. The van der Waals surface area contributed by atoms with E-state index in [1.165, 1.54) is 0 Å². The lowest BCUT2D eigenvalue weighted by atomic mass is 10.3.